The minimum absolute atomic E-state index is 0.0250. The molecular weight excluding hydrogens is 442 g/mol. The zero-order valence-electron chi connectivity index (χ0n) is 17.7. The Kier molecular flexibility index (Phi) is 6.29. The van der Waals surface area contributed by atoms with Crippen LogP contribution in [0.4, 0.5) is 5.69 Å². The highest BCUT2D eigenvalue weighted by Crippen LogP contribution is 2.42. The van der Waals surface area contributed by atoms with Crippen molar-refractivity contribution in [3.63, 3.8) is 0 Å². The van der Waals surface area contributed by atoms with Crippen molar-refractivity contribution in [2.75, 3.05) is 11.5 Å². The van der Waals surface area contributed by atoms with Gasteiger partial charge in [-0.05, 0) is 61.0 Å². The largest absolute Gasteiger partial charge is 0.507 e. The monoisotopic (exact) mass is 461 g/mol. The lowest BCUT2D eigenvalue weighted by molar-refractivity contribution is -0.132. The van der Waals surface area contributed by atoms with Crippen LogP contribution in [0.15, 0.2) is 84.4 Å². The van der Waals surface area contributed by atoms with E-state index in [1.54, 1.807) is 67.6 Å². The van der Waals surface area contributed by atoms with Crippen molar-refractivity contribution < 1.29 is 24.2 Å². The van der Waals surface area contributed by atoms with Crippen molar-refractivity contribution in [1.82, 2.24) is 0 Å². The average molecular weight is 462 g/mol. The van der Waals surface area contributed by atoms with Gasteiger partial charge >= 0.3 is 5.97 Å². The number of rotatable bonds is 5. The SMILES string of the molecule is CCOC(=O)c1ccc(N2C(=O)C(=O)/C(=C(\O)c3ccc(Cl)cc3)C2c2ccccc2)cc1. The molecule has 1 fully saturated rings. The number of hydrogen-bond acceptors (Lipinski definition) is 5. The lowest BCUT2D eigenvalue weighted by atomic mass is 9.95. The highest BCUT2D eigenvalue weighted by atomic mass is 35.5. The average Bonchev–Trinajstić information content (AvgIpc) is 3.10. The lowest BCUT2D eigenvalue weighted by Gasteiger charge is -2.25. The first-order valence-electron chi connectivity index (χ1n) is 10.3. The first kappa shape index (κ1) is 22.3. The molecule has 1 aliphatic rings. The predicted molar refractivity (Wildman–Crippen MR) is 125 cm³/mol. The van der Waals surface area contributed by atoms with Gasteiger partial charge in [0.25, 0.3) is 11.7 Å². The Hall–Kier alpha value is -3.90. The molecule has 0 aliphatic carbocycles. The number of ketones is 1. The molecule has 3 aromatic carbocycles. The van der Waals surface area contributed by atoms with Gasteiger partial charge in [-0.3, -0.25) is 14.5 Å². The number of benzene rings is 3. The van der Waals surface area contributed by atoms with E-state index in [-0.39, 0.29) is 17.9 Å². The van der Waals surface area contributed by atoms with Crippen molar-refractivity contribution in [2.24, 2.45) is 0 Å². The normalized spacial score (nSPS) is 17.3. The highest BCUT2D eigenvalue weighted by molar-refractivity contribution is 6.51. The molecule has 0 bridgehead atoms. The second-order valence-corrected chi connectivity index (χ2v) is 7.79. The lowest BCUT2D eigenvalue weighted by Crippen LogP contribution is -2.29. The van der Waals surface area contributed by atoms with Crippen molar-refractivity contribution in [2.45, 2.75) is 13.0 Å². The number of Topliss-reactive ketones (excluding diaryl/α,β-unsaturated/α-hetero) is 1. The number of carbonyl (C=O) groups is 3. The van der Waals surface area contributed by atoms with Crippen molar-refractivity contribution in [3.05, 3.63) is 106 Å². The summed E-state index contributed by atoms with van der Waals surface area (Å²) in [6.45, 7) is 1.96. The number of amides is 1. The van der Waals surface area contributed by atoms with Gasteiger partial charge in [0.15, 0.2) is 0 Å². The molecule has 7 heteroatoms. The number of carbonyl (C=O) groups excluding carboxylic acids is 3. The Morgan fingerprint density at radius 2 is 1.55 bits per heavy atom. The number of aliphatic hydroxyl groups excluding tert-OH is 1. The molecular formula is C26H20ClNO5. The Labute approximate surface area is 195 Å². The second kappa shape index (κ2) is 9.30. The second-order valence-electron chi connectivity index (χ2n) is 7.35. The van der Waals surface area contributed by atoms with Crippen LogP contribution in [0.2, 0.25) is 5.02 Å². The molecule has 0 saturated carbocycles. The van der Waals surface area contributed by atoms with E-state index < -0.39 is 23.7 Å². The van der Waals surface area contributed by atoms with Crippen LogP contribution in [0.1, 0.15) is 34.5 Å². The molecule has 1 aliphatic heterocycles. The van der Waals surface area contributed by atoms with Crippen molar-refractivity contribution >= 4 is 40.7 Å². The van der Waals surface area contributed by atoms with Crippen molar-refractivity contribution in [3.8, 4) is 0 Å². The van der Waals surface area contributed by atoms with Crippen molar-refractivity contribution in [1.29, 1.82) is 0 Å². The maximum absolute atomic E-state index is 13.1. The van der Waals surface area contributed by atoms with Crippen LogP contribution >= 0.6 is 11.6 Å². The van der Waals surface area contributed by atoms with Crippen LogP contribution in [0, 0.1) is 0 Å². The van der Waals surface area contributed by atoms with E-state index in [0.29, 0.717) is 27.4 Å². The Balaban J connectivity index is 1.84. The van der Waals surface area contributed by atoms with Gasteiger partial charge < -0.3 is 9.84 Å². The first-order chi connectivity index (χ1) is 15.9. The number of hydrogen-bond donors (Lipinski definition) is 1. The third-order valence-corrected chi connectivity index (χ3v) is 5.59. The van der Waals surface area contributed by atoms with E-state index in [4.69, 9.17) is 16.3 Å². The zero-order valence-corrected chi connectivity index (χ0v) is 18.5. The standard InChI is InChI=1S/C26H20ClNO5/c1-2-33-26(32)18-10-14-20(15-11-18)28-22(16-6-4-3-5-7-16)21(24(30)25(28)31)23(29)17-8-12-19(27)13-9-17/h3-15,22,29H,2H2,1H3/b23-21-. The third kappa shape index (κ3) is 4.25. The summed E-state index contributed by atoms with van der Waals surface area (Å²) in [5, 5.41) is 11.5. The van der Waals surface area contributed by atoms with Crippen LogP contribution in [-0.2, 0) is 14.3 Å². The molecule has 1 saturated heterocycles. The molecule has 1 atom stereocenters. The van der Waals surface area contributed by atoms with Gasteiger partial charge in [-0.25, -0.2) is 4.79 Å². The summed E-state index contributed by atoms with van der Waals surface area (Å²) in [6.07, 6.45) is 0. The molecule has 33 heavy (non-hydrogen) atoms. The fraction of sp³-hybridized carbons (Fsp3) is 0.115. The summed E-state index contributed by atoms with van der Waals surface area (Å²) in [5.41, 5.74) is 1.74. The maximum atomic E-state index is 13.1. The molecule has 6 nitrogen and oxygen atoms in total. The fourth-order valence-electron chi connectivity index (χ4n) is 3.79. The smallest absolute Gasteiger partial charge is 0.338 e. The first-order valence-corrected chi connectivity index (χ1v) is 10.7. The minimum atomic E-state index is -0.852. The third-order valence-electron chi connectivity index (χ3n) is 5.33. The van der Waals surface area contributed by atoms with Crippen LogP contribution in [-0.4, -0.2) is 29.4 Å². The quantitative estimate of drug-likeness (QED) is 0.246. The van der Waals surface area contributed by atoms with Gasteiger partial charge in [0.1, 0.15) is 5.76 Å². The van der Waals surface area contributed by atoms with Gasteiger partial charge in [0, 0.05) is 16.3 Å². The van der Waals surface area contributed by atoms with E-state index in [1.165, 1.54) is 17.0 Å². The van der Waals surface area contributed by atoms with Gasteiger partial charge in [-0.2, -0.15) is 0 Å². The van der Waals surface area contributed by atoms with Crippen LogP contribution < -0.4 is 4.90 Å². The number of halogens is 1. The van der Waals surface area contributed by atoms with E-state index >= 15 is 0 Å². The summed E-state index contributed by atoms with van der Waals surface area (Å²) in [4.78, 5) is 39.6. The number of aliphatic hydroxyl groups is 1. The predicted octanol–water partition coefficient (Wildman–Crippen LogP) is 5.14. The molecule has 0 aromatic heterocycles. The van der Waals surface area contributed by atoms with Gasteiger partial charge in [-0.15, -0.1) is 0 Å². The van der Waals surface area contributed by atoms with Crippen LogP contribution in [0.5, 0.6) is 0 Å². The Morgan fingerprint density at radius 3 is 2.15 bits per heavy atom. The van der Waals surface area contributed by atoms with Crippen LogP contribution in [0.3, 0.4) is 0 Å². The van der Waals surface area contributed by atoms with E-state index in [2.05, 4.69) is 0 Å². The molecule has 1 N–H and O–H groups in total. The van der Waals surface area contributed by atoms with Gasteiger partial charge in [0.2, 0.25) is 0 Å². The molecule has 1 amide bonds. The summed E-state index contributed by atoms with van der Waals surface area (Å²) >= 11 is 5.95. The Bertz CT molecular complexity index is 1230. The molecule has 166 valence electrons. The Morgan fingerprint density at radius 1 is 0.939 bits per heavy atom. The summed E-state index contributed by atoms with van der Waals surface area (Å²) < 4.78 is 5.00. The zero-order chi connectivity index (χ0) is 23.5. The molecule has 1 unspecified atom stereocenters. The number of anilines is 1. The molecule has 1 heterocycles. The fourth-order valence-corrected chi connectivity index (χ4v) is 3.91. The van der Waals surface area contributed by atoms with E-state index in [1.807, 2.05) is 6.07 Å². The minimum Gasteiger partial charge on any atom is -0.507 e. The maximum Gasteiger partial charge on any atom is 0.338 e. The molecule has 4 rings (SSSR count). The summed E-state index contributed by atoms with van der Waals surface area (Å²) in [6, 6.07) is 20.7. The topological polar surface area (TPSA) is 83.9 Å². The number of nitrogens with zero attached hydrogens (tertiary/aromatic N) is 1. The number of esters is 1. The summed E-state index contributed by atoms with van der Waals surface area (Å²) in [7, 11) is 0. The van der Waals surface area contributed by atoms with E-state index in [0.717, 1.165) is 0 Å². The molecule has 0 spiro atoms. The van der Waals surface area contributed by atoms with Crippen LogP contribution in [0.25, 0.3) is 5.76 Å². The highest BCUT2D eigenvalue weighted by Gasteiger charge is 2.46. The van der Waals surface area contributed by atoms with Gasteiger partial charge in [-0.1, -0.05) is 41.9 Å². The summed E-state index contributed by atoms with van der Waals surface area (Å²) in [5.74, 6) is -2.34. The number of ether oxygens (including phenoxy) is 1. The van der Waals surface area contributed by atoms with Gasteiger partial charge in [0.05, 0.1) is 23.8 Å². The molecule has 0 radical (unpaired) electrons. The van der Waals surface area contributed by atoms with E-state index in [9.17, 15) is 19.5 Å². The molecule has 3 aromatic rings.